The van der Waals surface area contributed by atoms with Crippen LogP contribution in [-0.2, 0) is 0 Å². The SMILES string of the molecule is CCN(CC1CCCN1)c1ccncn1. The molecule has 0 radical (unpaired) electrons. The van der Waals surface area contributed by atoms with E-state index in [4.69, 9.17) is 0 Å². The monoisotopic (exact) mass is 206 g/mol. The summed E-state index contributed by atoms with van der Waals surface area (Å²) in [5.74, 6) is 1.03. The maximum atomic E-state index is 4.28. The maximum absolute atomic E-state index is 4.28. The Morgan fingerprint density at radius 2 is 2.53 bits per heavy atom. The molecule has 1 unspecified atom stereocenters. The van der Waals surface area contributed by atoms with Crippen LogP contribution >= 0.6 is 0 Å². The first-order chi connectivity index (χ1) is 7.40. The highest BCUT2D eigenvalue weighted by molar-refractivity contribution is 5.36. The third kappa shape index (κ3) is 2.65. The highest BCUT2D eigenvalue weighted by Crippen LogP contribution is 2.12. The molecule has 2 heterocycles. The van der Waals surface area contributed by atoms with Crippen molar-refractivity contribution in [3.63, 3.8) is 0 Å². The minimum Gasteiger partial charge on any atom is -0.355 e. The molecule has 1 aromatic heterocycles. The summed E-state index contributed by atoms with van der Waals surface area (Å²) in [6, 6.07) is 2.60. The normalized spacial score (nSPS) is 20.5. The van der Waals surface area contributed by atoms with E-state index in [0.29, 0.717) is 6.04 Å². The molecule has 0 aromatic carbocycles. The van der Waals surface area contributed by atoms with Gasteiger partial charge in [0.15, 0.2) is 0 Å². The van der Waals surface area contributed by atoms with Gasteiger partial charge in [-0.2, -0.15) is 0 Å². The van der Waals surface area contributed by atoms with E-state index in [1.165, 1.54) is 12.8 Å². The lowest BCUT2D eigenvalue weighted by atomic mass is 10.2. The molecule has 0 saturated carbocycles. The Hall–Kier alpha value is -1.16. The second kappa shape index (κ2) is 5.07. The van der Waals surface area contributed by atoms with Gasteiger partial charge in [-0.3, -0.25) is 0 Å². The van der Waals surface area contributed by atoms with Gasteiger partial charge in [0, 0.05) is 25.3 Å². The summed E-state index contributed by atoms with van der Waals surface area (Å²) < 4.78 is 0. The van der Waals surface area contributed by atoms with Gasteiger partial charge in [-0.15, -0.1) is 0 Å². The second-order valence-corrected chi connectivity index (χ2v) is 3.90. The quantitative estimate of drug-likeness (QED) is 0.799. The molecular formula is C11H18N4. The smallest absolute Gasteiger partial charge is 0.131 e. The Kier molecular flexibility index (Phi) is 3.50. The summed E-state index contributed by atoms with van der Waals surface area (Å²) >= 11 is 0. The molecule has 1 fully saturated rings. The zero-order valence-electron chi connectivity index (χ0n) is 9.19. The molecule has 1 aromatic rings. The van der Waals surface area contributed by atoms with Crippen molar-refractivity contribution in [1.29, 1.82) is 0 Å². The van der Waals surface area contributed by atoms with Crippen LogP contribution in [0.3, 0.4) is 0 Å². The molecule has 82 valence electrons. The largest absolute Gasteiger partial charge is 0.355 e. The fourth-order valence-electron chi connectivity index (χ4n) is 2.03. The predicted octanol–water partition coefficient (Wildman–Crippen LogP) is 1.05. The van der Waals surface area contributed by atoms with Crippen LogP contribution < -0.4 is 10.2 Å². The highest BCUT2D eigenvalue weighted by atomic mass is 15.2. The maximum Gasteiger partial charge on any atom is 0.131 e. The van der Waals surface area contributed by atoms with Crippen molar-refractivity contribution in [1.82, 2.24) is 15.3 Å². The van der Waals surface area contributed by atoms with E-state index in [2.05, 4.69) is 27.1 Å². The summed E-state index contributed by atoms with van der Waals surface area (Å²) in [6.45, 7) is 5.37. The van der Waals surface area contributed by atoms with Gasteiger partial charge in [-0.05, 0) is 32.4 Å². The van der Waals surface area contributed by atoms with E-state index in [-0.39, 0.29) is 0 Å². The standard InChI is InChI=1S/C11H18N4/c1-2-15(8-10-4-3-6-13-10)11-5-7-12-9-14-11/h5,7,9-10,13H,2-4,6,8H2,1H3. The average Bonchev–Trinajstić information content (AvgIpc) is 2.80. The number of nitrogens with one attached hydrogen (secondary N) is 1. The third-order valence-corrected chi connectivity index (χ3v) is 2.88. The topological polar surface area (TPSA) is 41.0 Å². The van der Waals surface area contributed by atoms with Crippen molar-refractivity contribution < 1.29 is 0 Å². The van der Waals surface area contributed by atoms with Crippen LogP contribution in [0.4, 0.5) is 5.82 Å². The Balaban J connectivity index is 1.97. The molecule has 0 aliphatic carbocycles. The van der Waals surface area contributed by atoms with Crippen molar-refractivity contribution in [2.45, 2.75) is 25.8 Å². The molecular weight excluding hydrogens is 188 g/mol. The van der Waals surface area contributed by atoms with Gasteiger partial charge in [0.1, 0.15) is 12.1 Å². The summed E-state index contributed by atoms with van der Waals surface area (Å²) in [4.78, 5) is 10.5. The fraction of sp³-hybridized carbons (Fsp3) is 0.636. The van der Waals surface area contributed by atoms with Crippen molar-refractivity contribution in [2.24, 2.45) is 0 Å². The number of hydrogen-bond acceptors (Lipinski definition) is 4. The fourth-order valence-corrected chi connectivity index (χ4v) is 2.03. The van der Waals surface area contributed by atoms with Gasteiger partial charge < -0.3 is 10.2 Å². The van der Waals surface area contributed by atoms with Gasteiger partial charge in [0.05, 0.1) is 0 Å². The molecule has 1 aliphatic heterocycles. The number of anilines is 1. The highest BCUT2D eigenvalue weighted by Gasteiger charge is 2.17. The van der Waals surface area contributed by atoms with Crippen molar-refractivity contribution in [3.8, 4) is 0 Å². The van der Waals surface area contributed by atoms with E-state index in [1.54, 1.807) is 12.5 Å². The lowest BCUT2D eigenvalue weighted by Gasteiger charge is -2.25. The van der Waals surface area contributed by atoms with Gasteiger partial charge >= 0.3 is 0 Å². The summed E-state index contributed by atoms with van der Waals surface area (Å²) in [5.41, 5.74) is 0. The van der Waals surface area contributed by atoms with E-state index in [9.17, 15) is 0 Å². The molecule has 4 heteroatoms. The molecule has 1 saturated heterocycles. The Morgan fingerprint density at radius 1 is 1.60 bits per heavy atom. The third-order valence-electron chi connectivity index (χ3n) is 2.88. The Labute approximate surface area is 90.7 Å². The molecule has 1 aliphatic rings. The number of nitrogens with zero attached hydrogens (tertiary/aromatic N) is 3. The summed E-state index contributed by atoms with van der Waals surface area (Å²) in [6.07, 6.45) is 5.99. The van der Waals surface area contributed by atoms with Crippen LogP contribution in [-0.4, -0.2) is 35.6 Å². The number of aromatic nitrogens is 2. The van der Waals surface area contributed by atoms with Crippen LogP contribution in [0.5, 0.6) is 0 Å². The molecule has 0 spiro atoms. The van der Waals surface area contributed by atoms with Gasteiger partial charge in [-0.25, -0.2) is 9.97 Å². The first-order valence-electron chi connectivity index (χ1n) is 5.64. The van der Waals surface area contributed by atoms with Crippen molar-refractivity contribution in [3.05, 3.63) is 18.6 Å². The van der Waals surface area contributed by atoms with Gasteiger partial charge in [0.2, 0.25) is 0 Å². The van der Waals surface area contributed by atoms with Crippen LogP contribution in [0.25, 0.3) is 0 Å². The summed E-state index contributed by atoms with van der Waals surface area (Å²) in [5, 5.41) is 3.51. The van der Waals surface area contributed by atoms with Crippen molar-refractivity contribution in [2.75, 3.05) is 24.5 Å². The summed E-state index contributed by atoms with van der Waals surface area (Å²) in [7, 11) is 0. The van der Waals surface area contributed by atoms with Crippen LogP contribution in [0.2, 0.25) is 0 Å². The molecule has 1 N–H and O–H groups in total. The second-order valence-electron chi connectivity index (χ2n) is 3.90. The minimum absolute atomic E-state index is 0.625. The minimum atomic E-state index is 0.625. The average molecular weight is 206 g/mol. The number of likely N-dealkylation sites (N-methyl/N-ethyl adjacent to an activating group) is 1. The van der Waals surface area contributed by atoms with Crippen LogP contribution in [0.1, 0.15) is 19.8 Å². The Bertz CT molecular complexity index is 282. The molecule has 4 nitrogen and oxygen atoms in total. The first kappa shape index (κ1) is 10.4. The number of hydrogen-bond donors (Lipinski definition) is 1. The van der Waals surface area contributed by atoms with E-state index < -0.39 is 0 Å². The lowest BCUT2D eigenvalue weighted by molar-refractivity contribution is 0.583. The molecule has 1 atom stereocenters. The zero-order valence-corrected chi connectivity index (χ0v) is 9.19. The first-order valence-corrected chi connectivity index (χ1v) is 5.64. The van der Waals surface area contributed by atoms with E-state index in [1.807, 2.05) is 6.07 Å². The molecule has 15 heavy (non-hydrogen) atoms. The van der Waals surface area contributed by atoms with Crippen molar-refractivity contribution >= 4 is 5.82 Å². The van der Waals surface area contributed by atoms with Crippen LogP contribution in [0.15, 0.2) is 18.6 Å². The zero-order chi connectivity index (χ0) is 10.5. The van der Waals surface area contributed by atoms with Crippen LogP contribution in [0, 0.1) is 0 Å². The predicted molar refractivity (Wildman–Crippen MR) is 60.9 cm³/mol. The Morgan fingerprint density at radius 3 is 3.13 bits per heavy atom. The number of rotatable bonds is 4. The molecule has 0 amide bonds. The van der Waals surface area contributed by atoms with Gasteiger partial charge in [0.25, 0.3) is 0 Å². The molecule has 0 bridgehead atoms. The van der Waals surface area contributed by atoms with Gasteiger partial charge in [-0.1, -0.05) is 0 Å². The lowest BCUT2D eigenvalue weighted by Crippen LogP contribution is -2.37. The van der Waals surface area contributed by atoms with E-state index in [0.717, 1.165) is 25.5 Å². The molecule has 2 rings (SSSR count). The van der Waals surface area contributed by atoms with E-state index >= 15 is 0 Å².